The number of para-hydroxylation sites is 1. The molecule has 9 nitrogen and oxygen atoms in total. The second kappa shape index (κ2) is 10.4. The number of likely N-dealkylation sites (N-methyl/N-ethyl adjacent to an activating group) is 1. The first-order valence-corrected chi connectivity index (χ1v) is 14.3. The van der Waals surface area contributed by atoms with Gasteiger partial charge in [0.15, 0.2) is 0 Å². The summed E-state index contributed by atoms with van der Waals surface area (Å²) in [4.78, 5) is 14.8. The number of sulfonamides is 1. The van der Waals surface area contributed by atoms with Crippen molar-refractivity contribution >= 4 is 32.7 Å². The second-order valence-electron chi connectivity index (χ2n) is 10.1. The number of benzene rings is 3. The monoisotopic (exact) mass is 547 g/mol. The number of hydrogen-bond acceptors (Lipinski definition) is 7. The Labute approximate surface area is 229 Å². The number of esters is 1. The number of ether oxygens (including phenoxy) is 1. The molecule has 0 aliphatic carbocycles. The third-order valence-corrected chi connectivity index (χ3v) is 9.65. The maximum atomic E-state index is 13.7. The molecule has 1 aliphatic heterocycles. The smallest absolute Gasteiger partial charge is 0.306 e. The van der Waals surface area contributed by atoms with E-state index in [4.69, 9.17) is 4.74 Å². The first kappa shape index (κ1) is 26.8. The molecule has 3 aromatic carbocycles. The van der Waals surface area contributed by atoms with Crippen LogP contribution >= 0.6 is 0 Å². The molecule has 0 spiro atoms. The van der Waals surface area contributed by atoms with Crippen LogP contribution in [0.2, 0.25) is 0 Å². The molecule has 5 rings (SSSR count). The Kier molecular flexibility index (Phi) is 7.17. The van der Waals surface area contributed by atoms with E-state index in [0.29, 0.717) is 23.7 Å². The number of nitrogens with zero attached hydrogens (tertiary/aromatic N) is 5. The van der Waals surface area contributed by atoms with E-state index in [1.54, 1.807) is 21.1 Å². The van der Waals surface area contributed by atoms with Crippen LogP contribution in [0.5, 0.6) is 0 Å². The fourth-order valence-corrected chi connectivity index (χ4v) is 7.00. The van der Waals surface area contributed by atoms with Crippen molar-refractivity contribution in [2.75, 3.05) is 32.1 Å². The van der Waals surface area contributed by atoms with Crippen molar-refractivity contribution in [2.24, 2.45) is 7.05 Å². The van der Waals surface area contributed by atoms with Crippen molar-refractivity contribution in [3.63, 3.8) is 0 Å². The van der Waals surface area contributed by atoms with E-state index in [9.17, 15) is 13.2 Å². The molecule has 0 bridgehead atoms. The Bertz CT molecular complexity index is 1660. The van der Waals surface area contributed by atoms with Gasteiger partial charge in [-0.1, -0.05) is 41.6 Å². The average Bonchev–Trinajstić information content (AvgIpc) is 3.28. The molecule has 204 valence electrons. The predicted molar refractivity (Wildman–Crippen MR) is 150 cm³/mol. The summed E-state index contributed by atoms with van der Waals surface area (Å²) in [6.45, 7) is 5.15. The average molecular weight is 548 g/mol. The van der Waals surface area contributed by atoms with E-state index in [0.717, 1.165) is 38.9 Å². The van der Waals surface area contributed by atoms with Crippen LogP contribution < -0.4 is 4.90 Å². The van der Waals surface area contributed by atoms with Crippen LogP contribution in [-0.2, 0) is 33.1 Å². The normalized spacial score (nSPS) is 16.1. The van der Waals surface area contributed by atoms with Gasteiger partial charge in [0.25, 0.3) is 0 Å². The van der Waals surface area contributed by atoms with Crippen molar-refractivity contribution in [3.8, 4) is 0 Å². The quantitative estimate of drug-likeness (QED) is 0.338. The molecule has 0 radical (unpaired) electrons. The van der Waals surface area contributed by atoms with Gasteiger partial charge in [-0.2, -0.15) is 4.31 Å². The maximum Gasteiger partial charge on any atom is 0.306 e. The first-order chi connectivity index (χ1) is 18.6. The number of carbonyl (C=O) groups excluding carboxylic acids is 1. The number of aryl methyl sites for hydroxylation is 3. The van der Waals surface area contributed by atoms with Gasteiger partial charge < -0.3 is 9.64 Å². The van der Waals surface area contributed by atoms with Gasteiger partial charge in [0.1, 0.15) is 10.4 Å². The molecular formula is C29H33N5O4S. The van der Waals surface area contributed by atoms with Crippen molar-refractivity contribution in [1.82, 2.24) is 19.3 Å². The van der Waals surface area contributed by atoms with Gasteiger partial charge >= 0.3 is 5.97 Å². The fourth-order valence-electron chi connectivity index (χ4n) is 5.35. The summed E-state index contributed by atoms with van der Waals surface area (Å²) < 4.78 is 35.7. The third-order valence-electron chi connectivity index (χ3n) is 7.75. The SMILES string of the molecule is COC(=O)CC(c1ccc(C)c(CN2CCN(C)c3ccccc3S2(=O)=O)c1)c1ccc2c(nnn2C)c1C. The lowest BCUT2D eigenvalue weighted by Crippen LogP contribution is -2.33. The Hall–Kier alpha value is -3.76. The van der Waals surface area contributed by atoms with E-state index >= 15 is 0 Å². The van der Waals surface area contributed by atoms with Crippen LogP contribution in [0.15, 0.2) is 59.5 Å². The largest absolute Gasteiger partial charge is 0.469 e. The minimum Gasteiger partial charge on any atom is -0.469 e. The second-order valence-corrected chi connectivity index (χ2v) is 12.0. The topological polar surface area (TPSA) is 97.6 Å². The first-order valence-electron chi connectivity index (χ1n) is 12.9. The van der Waals surface area contributed by atoms with E-state index in [2.05, 4.69) is 10.3 Å². The lowest BCUT2D eigenvalue weighted by molar-refractivity contribution is -0.140. The zero-order chi connectivity index (χ0) is 27.9. The van der Waals surface area contributed by atoms with Crippen molar-refractivity contribution in [2.45, 2.75) is 37.6 Å². The van der Waals surface area contributed by atoms with E-state index in [-0.39, 0.29) is 24.9 Å². The van der Waals surface area contributed by atoms with E-state index < -0.39 is 10.0 Å². The molecule has 0 fully saturated rings. The highest BCUT2D eigenvalue weighted by Gasteiger charge is 2.32. The Morgan fingerprint density at radius 2 is 1.82 bits per heavy atom. The van der Waals surface area contributed by atoms with Crippen LogP contribution in [0.25, 0.3) is 11.0 Å². The summed E-state index contributed by atoms with van der Waals surface area (Å²) in [5.41, 5.74) is 7.11. The number of aromatic nitrogens is 3. The van der Waals surface area contributed by atoms with Crippen LogP contribution in [0.4, 0.5) is 5.69 Å². The molecule has 0 N–H and O–H groups in total. The van der Waals surface area contributed by atoms with Crippen molar-refractivity contribution < 1.29 is 17.9 Å². The minimum atomic E-state index is -3.70. The molecule has 1 aliphatic rings. The Balaban J connectivity index is 1.55. The molecule has 1 aromatic heterocycles. The summed E-state index contributed by atoms with van der Waals surface area (Å²) in [6.07, 6.45) is 0.145. The van der Waals surface area contributed by atoms with E-state index in [1.165, 1.54) is 7.11 Å². The maximum absolute atomic E-state index is 13.7. The highest BCUT2D eigenvalue weighted by molar-refractivity contribution is 7.89. The predicted octanol–water partition coefficient (Wildman–Crippen LogP) is 3.92. The van der Waals surface area contributed by atoms with Gasteiger partial charge in [-0.05, 0) is 59.9 Å². The molecule has 1 atom stereocenters. The molecule has 4 aromatic rings. The molecule has 1 unspecified atom stereocenters. The minimum absolute atomic E-state index is 0.145. The highest BCUT2D eigenvalue weighted by Crippen LogP contribution is 2.36. The van der Waals surface area contributed by atoms with Crippen molar-refractivity contribution in [3.05, 3.63) is 82.4 Å². The van der Waals surface area contributed by atoms with Gasteiger partial charge in [0, 0.05) is 39.6 Å². The number of methoxy groups -OCH3 is 1. The van der Waals surface area contributed by atoms with Crippen molar-refractivity contribution in [1.29, 1.82) is 0 Å². The van der Waals surface area contributed by atoms with Gasteiger partial charge in [-0.3, -0.25) is 4.79 Å². The molecule has 0 amide bonds. The number of anilines is 1. The Morgan fingerprint density at radius 3 is 2.59 bits per heavy atom. The van der Waals surface area contributed by atoms with E-state index in [1.807, 2.05) is 75.3 Å². The summed E-state index contributed by atoms with van der Waals surface area (Å²) in [6, 6.07) is 17.1. The lowest BCUT2D eigenvalue weighted by atomic mass is 9.84. The summed E-state index contributed by atoms with van der Waals surface area (Å²) in [5, 5.41) is 8.48. The number of fused-ring (bicyclic) bond motifs is 2. The highest BCUT2D eigenvalue weighted by atomic mass is 32.2. The summed E-state index contributed by atoms with van der Waals surface area (Å²) in [7, 11) is 1.44. The molecule has 0 saturated carbocycles. The number of hydrogen-bond donors (Lipinski definition) is 0. The molecule has 10 heteroatoms. The van der Waals surface area contributed by atoms with Gasteiger partial charge in [0.05, 0.1) is 24.7 Å². The van der Waals surface area contributed by atoms with Crippen LogP contribution in [0.3, 0.4) is 0 Å². The standard InChI is InChI=1S/C29H33N5O4S/c1-19-10-11-21(24(17-28(35)38-5)23-12-13-26-29(20(23)2)30-31-33(26)4)16-22(19)18-34-15-14-32(3)25-8-6-7-9-27(25)39(34,36)37/h6-13,16,24H,14-15,17-18H2,1-5H3. The number of carbonyl (C=O) groups is 1. The Morgan fingerprint density at radius 1 is 1.05 bits per heavy atom. The molecular weight excluding hydrogens is 514 g/mol. The molecule has 0 saturated heterocycles. The third kappa shape index (κ3) is 4.90. The van der Waals surface area contributed by atoms with Gasteiger partial charge in [0.2, 0.25) is 10.0 Å². The zero-order valence-corrected chi connectivity index (χ0v) is 23.7. The van der Waals surface area contributed by atoms with Crippen LogP contribution in [0, 0.1) is 13.8 Å². The molecule has 39 heavy (non-hydrogen) atoms. The fraction of sp³-hybridized carbons (Fsp3) is 0.345. The lowest BCUT2D eigenvalue weighted by Gasteiger charge is -2.24. The summed E-state index contributed by atoms with van der Waals surface area (Å²) >= 11 is 0. The van der Waals surface area contributed by atoms with Crippen LogP contribution in [0.1, 0.15) is 40.2 Å². The number of rotatable bonds is 6. The van der Waals surface area contributed by atoms with Gasteiger partial charge in [-0.15, -0.1) is 5.10 Å². The molecule has 2 heterocycles. The van der Waals surface area contributed by atoms with Gasteiger partial charge in [-0.25, -0.2) is 13.1 Å². The zero-order valence-electron chi connectivity index (χ0n) is 22.9. The summed E-state index contributed by atoms with van der Waals surface area (Å²) in [5.74, 6) is -0.619. The van der Waals surface area contributed by atoms with Crippen LogP contribution in [-0.4, -0.2) is 60.9 Å².